The van der Waals surface area contributed by atoms with Crippen molar-refractivity contribution in [3.8, 4) is 16.9 Å². The van der Waals surface area contributed by atoms with Crippen LogP contribution in [0, 0.1) is 35.1 Å². The highest BCUT2D eigenvalue weighted by Crippen LogP contribution is 2.56. The van der Waals surface area contributed by atoms with Gasteiger partial charge in [0.1, 0.15) is 28.7 Å². The Bertz CT molecular complexity index is 2990. The zero-order valence-corrected chi connectivity index (χ0v) is 41.6. The Morgan fingerprint density at radius 2 is 1.60 bits per heavy atom. The van der Waals surface area contributed by atoms with Gasteiger partial charge in [-0.05, 0) is 94.0 Å². The highest BCUT2D eigenvalue weighted by Gasteiger charge is 2.50. The molecule has 5 aromatic rings. The fourth-order valence-electron chi connectivity index (χ4n) is 12.3. The number of urea groups is 1. The van der Waals surface area contributed by atoms with Crippen molar-refractivity contribution in [2.24, 2.45) is 24.6 Å². The molecular weight excluding hydrogens is 968 g/mol. The number of fused-ring (bicyclic) bond motifs is 2. The number of nitrogens with one attached hydrogen (secondary N) is 2. The minimum atomic E-state index is -1.11. The summed E-state index contributed by atoms with van der Waals surface area (Å²) in [6.07, 6.45) is 5.86. The summed E-state index contributed by atoms with van der Waals surface area (Å²) in [7, 11) is 1.56. The molecule has 1 aliphatic carbocycles. The van der Waals surface area contributed by atoms with Crippen molar-refractivity contribution in [1.29, 1.82) is 0 Å². The molecule has 1 aromatic heterocycles. The lowest BCUT2D eigenvalue weighted by Crippen LogP contribution is -2.49. The van der Waals surface area contributed by atoms with E-state index in [-0.39, 0.29) is 93.6 Å². The van der Waals surface area contributed by atoms with Crippen molar-refractivity contribution in [3.05, 3.63) is 111 Å². The first-order valence-electron chi connectivity index (χ1n) is 25.3. The molecule has 5 heterocycles. The minimum Gasteiger partial charge on any atom is -0.480 e. The topological polar surface area (TPSA) is 175 Å². The van der Waals surface area contributed by atoms with E-state index in [1.807, 2.05) is 42.2 Å². The minimum absolute atomic E-state index is 0.0394. The number of aliphatic hydroxyl groups is 1. The number of halogens is 5. The van der Waals surface area contributed by atoms with Gasteiger partial charge in [0.05, 0.1) is 17.0 Å². The second kappa shape index (κ2) is 20.3. The van der Waals surface area contributed by atoms with E-state index in [0.29, 0.717) is 63.3 Å². The number of benzene rings is 4. The Morgan fingerprint density at radius 1 is 0.890 bits per heavy atom. The van der Waals surface area contributed by atoms with E-state index in [1.54, 1.807) is 7.05 Å². The van der Waals surface area contributed by atoms with Crippen LogP contribution >= 0.6 is 11.6 Å². The Labute approximate surface area is 425 Å². The van der Waals surface area contributed by atoms with Crippen molar-refractivity contribution in [3.63, 3.8) is 0 Å². The molecule has 14 nitrogen and oxygen atoms in total. The molecule has 1 saturated carbocycles. The van der Waals surface area contributed by atoms with Gasteiger partial charge in [0, 0.05) is 104 Å². The van der Waals surface area contributed by atoms with E-state index >= 15 is 17.6 Å². The smallest absolute Gasteiger partial charge is 0.329 e. The van der Waals surface area contributed by atoms with Crippen molar-refractivity contribution in [2.75, 3.05) is 50.7 Å². The number of carbonyl (C=O) groups is 4. The molecule has 0 bridgehead atoms. The molecule has 3 saturated heterocycles. The Hall–Kier alpha value is -6.08. The maximum atomic E-state index is 16.2. The molecule has 386 valence electrons. The fraction of sp³-hybridized carbons (Fsp3) is 0.463. The van der Waals surface area contributed by atoms with Crippen LogP contribution in [0.25, 0.3) is 22.0 Å². The van der Waals surface area contributed by atoms with Crippen molar-refractivity contribution >= 4 is 52.1 Å². The van der Waals surface area contributed by atoms with Gasteiger partial charge in [-0.1, -0.05) is 54.9 Å². The van der Waals surface area contributed by atoms with E-state index in [9.17, 15) is 24.3 Å². The number of hydrogen-bond acceptors (Lipinski definition) is 9. The number of rotatable bonds is 12. The first-order valence-corrected chi connectivity index (χ1v) is 25.7. The SMILES string of the molecule is C[C@H]1c2c(cc(F)c(Cl)c2-c2c(C(N)=O)ccc(CO)c2F)O[C@]1(CNC1CCC(C(=O)N2CCC(CN3CCC(c4c(F)cc5c(N6CCC(=O)NC6=O)nn(C)c5c4F)CC3)CC2)CC1)c1ccccc1. The summed E-state index contributed by atoms with van der Waals surface area (Å²) in [6, 6.07) is 13.9. The molecule has 19 heteroatoms. The number of aromatic nitrogens is 2. The van der Waals surface area contributed by atoms with E-state index in [1.165, 1.54) is 33.8 Å². The number of amides is 5. The lowest BCUT2D eigenvalue weighted by atomic mass is 9.77. The highest BCUT2D eigenvalue weighted by molar-refractivity contribution is 6.34. The second-order valence-electron chi connectivity index (χ2n) is 20.5. The molecule has 5 N–H and O–H groups in total. The number of anilines is 1. The monoisotopic (exact) mass is 1030 g/mol. The number of aryl methyl sites for hydroxylation is 1. The summed E-state index contributed by atoms with van der Waals surface area (Å²) < 4.78 is 72.1. The molecule has 0 spiro atoms. The van der Waals surface area contributed by atoms with Crippen LogP contribution in [0.3, 0.4) is 0 Å². The number of primary amides is 1. The van der Waals surface area contributed by atoms with Crippen LogP contribution in [-0.2, 0) is 28.8 Å². The third kappa shape index (κ3) is 9.22. The Kier molecular flexibility index (Phi) is 14.0. The average molecular weight is 1030 g/mol. The zero-order chi connectivity index (χ0) is 51.5. The molecule has 4 aromatic carbocycles. The van der Waals surface area contributed by atoms with E-state index in [0.717, 1.165) is 37.8 Å². The number of likely N-dealkylation sites (tertiary alicyclic amines) is 2. The standard InChI is InChI=1S/C54H59ClF4N8O6/c1-29-42-40(25-39(57)46(55)45(42)44-36(50(60)70)13-10-33(27-68)47(44)58)73-54(29,34-6-4-3-5-7-34)28-61-35-11-8-32(9-12-35)52(71)66-21-14-30(15-22-66)26-65-19-16-31(17-20-65)43-38(56)24-37-49(48(43)59)64(2)63-51(37)67-23-18-41(69)62-53(67)72/h3-7,10,13,24-25,29-32,35,61,68H,8-9,11-12,14-23,26-28H2,1-2H3,(H2,60,70)(H,62,69,72)/t29-,32?,35?,54-/m0/s1. The number of piperidine rings is 2. The maximum absolute atomic E-state index is 16.2. The van der Waals surface area contributed by atoms with Gasteiger partial charge in [-0.25, -0.2) is 22.4 Å². The van der Waals surface area contributed by atoms with Crippen LogP contribution in [0.4, 0.5) is 28.2 Å². The molecule has 0 radical (unpaired) electrons. The van der Waals surface area contributed by atoms with Gasteiger partial charge in [0.15, 0.2) is 17.2 Å². The Balaban J connectivity index is 0.735. The lowest BCUT2D eigenvalue weighted by Gasteiger charge is -2.40. The van der Waals surface area contributed by atoms with Gasteiger partial charge in [-0.3, -0.25) is 29.3 Å². The summed E-state index contributed by atoms with van der Waals surface area (Å²) in [5, 5.41) is 20.0. The van der Waals surface area contributed by atoms with Crippen molar-refractivity contribution < 1.29 is 46.6 Å². The van der Waals surface area contributed by atoms with Crippen LogP contribution in [0.1, 0.15) is 109 Å². The first-order chi connectivity index (χ1) is 35.1. The second-order valence-corrected chi connectivity index (χ2v) is 20.9. The summed E-state index contributed by atoms with van der Waals surface area (Å²) in [5.41, 5.74) is 5.29. The van der Waals surface area contributed by atoms with Gasteiger partial charge in [-0.15, -0.1) is 0 Å². The fourth-order valence-corrected chi connectivity index (χ4v) is 12.6. The molecule has 2 atom stereocenters. The van der Waals surface area contributed by atoms with E-state index in [2.05, 4.69) is 20.6 Å². The highest BCUT2D eigenvalue weighted by atomic mass is 35.5. The largest absolute Gasteiger partial charge is 0.480 e. The quantitative estimate of drug-likeness (QED) is 0.0900. The van der Waals surface area contributed by atoms with Gasteiger partial charge in [0.25, 0.3) is 0 Å². The predicted octanol–water partition coefficient (Wildman–Crippen LogP) is 8.15. The van der Waals surface area contributed by atoms with Crippen molar-refractivity contribution in [2.45, 2.75) is 94.8 Å². The number of imide groups is 1. The average Bonchev–Trinajstić information content (AvgIpc) is 3.87. The van der Waals surface area contributed by atoms with Gasteiger partial charge >= 0.3 is 6.03 Å². The predicted molar refractivity (Wildman–Crippen MR) is 266 cm³/mol. The molecule has 4 fully saturated rings. The number of hydrogen-bond donors (Lipinski definition) is 4. The zero-order valence-electron chi connectivity index (χ0n) is 40.8. The van der Waals surface area contributed by atoms with Crippen LogP contribution in [0.2, 0.25) is 5.02 Å². The molecule has 73 heavy (non-hydrogen) atoms. The van der Waals surface area contributed by atoms with Crippen LogP contribution in [-0.4, -0.2) is 100 Å². The number of nitrogens with zero attached hydrogens (tertiary/aromatic N) is 5. The van der Waals surface area contributed by atoms with E-state index in [4.69, 9.17) is 22.1 Å². The summed E-state index contributed by atoms with van der Waals surface area (Å²) in [5.74, 6) is -4.66. The van der Waals surface area contributed by atoms with Crippen LogP contribution < -0.4 is 26.0 Å². The summed E-state index contributed by atoms with van der Waals surface area (Å²) in [4.78, 5) is 56.5. The normalized spacial score (nSPS) is 23.2. The summed E-state index contributed by atoms with van der Waals surface area (Å²) in [6.45, 7) is 5.15. The third-order valence-electron chi connectivity index (χ3n) is 16.3. The van der Waals surface area contributed by atoms with Crippen LogP contribution in [0.5, 0.6) is 5.75 Å². The van der Waals surface area contributed by atoms with Crippen molar-refractivity contribution in [1.82, 2.24) is 30.2 Å². The molecular formula is C54H59ClF4N8O6. The third-order valence-corrected chi connectivity index (χ3v) is 16.7. The molecule has 10 rings (SSSR count). The van der Waals surface area contributed by atoms with Gasteiger partial charge < -0.3 is 30.7 Å². The maximum Gasteiger partial charge on any atom is 0.329 e. The lowest BCUT2D eigenvalue weighted by molar-refractivity contribution is -0.138. The number of carbonyl (C=O) groups excluding carboxylic acids is 4. The molecule has 0 unspecified atom stereocenters. The molecule has 4 aliphatic heterocycles. The summed E-state index contributed by atoms with van der Waals surface area (Å²) >= 11 is 6.67. The molecule has 5 aliphatic rings. The van der Waals surface area contributed by atoms with E-state index < -0.39 is 64.3 Å². The number of nitrogens with two attached hydrogens (primary N) is 1. The first kappa shape index (κ1) is 50.5. The number of ether oxygens (including phenoxy) is 1. The van der Waals surface area contributed by atoms with Crippen LogP contribution in [0.15, 0.2) is 54.6 Å². The number of aliphatic hydroxyl groups excluding tert-OH is 1. The van der Waals surface area contributed by atoms with Gasteiger partial charge in [-0.2, -0.15) is 5.10 Å². The molecule has 5 amide bonds. The Morgan fingerprint density at radius 3 is 2.27 bits per heavy atom. The van der Waals surface area contributed by atoms with Gasteiger partial charge in [0.2, 0.25) is 17.7 Å².